The third-order valence-electron chi connectivity index (χ3n) is 6.87. The largest absolute Gasteiger partial charge is 0.490 e. The fraction of sp³-hybridized carbons (Fsp3) is 0.731. The Bertz CT molecular complexity index is 675. The van der Waals surface area contributed by atoms with Crippen LogP contribution in [0.3, 0.4) is 0 Å². The number of rotatable bonds is 8. The highest BCUT2D eigenvalue weighted by Crippen LogP contribution is 2.38. The van der Waals surface area contributed by atoms with Gasteiger partial charge in [-0.05, 0) is 87.6 Å². The van der Waals surface area contributed by atoms with Crippen LogP contribution in [0.2, 0.25) is 0 Å². The maximum absolute atomic E-state index is 11.6. The van der Waals surface area contributed by atoms with Crippen molar-refractivity contribution >= 4 is 11.7 Å². The van der Waals surface area contributed by atoms with Crippen molar-refractivity contribution in [1.29, 1.82) is 0 Å². The van der Waals surface area contributed by atoms with E-state index in [2.05, 4.69) is 55.3 Å². The normalized spacial score (nSPS) is 25.1. The minimum Gasteiger partial charge on any atom is -0.490 e. The van der Waals surface area contributed by atoms with Gasteiger partial charge in [0.1, 0.15) is 5.75 Å². The minimum absolute atomic E-state index is 0.0972. The first-order chi connectivity index (χ1) is 14.8. The molecule has 1 N–H and O–H groups in total. The summed E-state index contributed by atoms with van der Waals surface area (Å²) >= 11 is 0. The summed E-state index contributed by atoms with van der Waals surface area (Å²) in [5.74, 6) is 1.69. The minimum atomic E-state index is -0.0972. The molecule has 1 saturated heterocycles. The van der Waals surface area contributed by atoms with Gasteiger partial charge in [0, 0.05) is 24.8 Å². The molecule has 1 atom stereocenters. The Hall–Kier alpha value is -1.75. The summed E-state index contributed by atoms with van der Waals surface area (Å²) in [5, 5.41) is 3.66. The van der Waals surface area contributed by atoms with Gasteiger partial charge < -0.3 is 19.7 Å². The second-order valence-corrected chi connectivity index (χ2v) is 10.3. The zero-order valence-electron chi connectivity index (χ0n) is 20.0. The van der Waals surface area contributed by atoms with E-state index >= 15 is 0 Å². The first kappa shape index (κ1) is 23.9. The van der Waals surface area contributed by atoms with Crippen LogP contribution in [0, 0.1) is 11.3 Å². The van der Waals surface area contributed by atoms with Crippen molar-refractivity contribution in [2.45, 2.75) is 84.8 Å². The van der Waals surface area contributed by atoms with Crippen LogP contribution in [0.4, 0.5) is 5.69 Å². The first-order valence-corrected chi connectivity index (χ1v) is 12.2. The molecule has 1 aliphatic heterocycles. The third-order valence-corrected chi connectivity index (χ3v) is 6.87. The van der Waals surface area contributed by atoms with Gasteiger partial charge >= 0.3 is 5.97 Å². The first-order valence-electron chi connectivity index (χ1n) is 12.2. The van der Waals surface area contributed by atoms with Crippen molar-refractivity contribution in [1.82, 2.24) is 4.90 Å². The third kappa shape index (κ3) is 7.71. The highest BCUT2D eigenvalue weighted by atomic mass is 16.5. The number of benzene rings is 1. The van der Waals surface area contributed by atoms with E-state index in [9.17, 15) is 4.79 Å². The molecule has 5 heteroatoms. The average molecular weight is 431 g/mol. The van der Waals surface area contributed by atoms with E-state index in [1.54, 1.807) is 0 Å². The van der Waals surface area contributed by atoms with E-state index in [1.807, 2.05) is 6.92 Å². The highest BCUT2D eigenvalue weighted by molar-refractivity contribution is 5.69. The average Bonchev–Trinajstić information content (AvgIpc) is 2.74. The Morgan fingerprint density at radius 2 is 1.81 bits per heavy atom. The standard InChI is InChI=1S/C26H42N2O3/c1-5-30-25(29)16-18-28-17-6-7-22(19-28)27-21-10-14-24(15-11-21)31-23-12-8-20(9-13-23)26(2,3)4/h10-11,14-15,20,22-23,27H,5-9,12-13,16-19H2,1-4H3. The molecule has 1 saturated carbocycles. The number of nitrogens with one attached hydrogen (secondary N) is 1. The van der Waals surface area contributed by atoms with E-state index in [0.29, 0.717) is 30.6 Å². The topological polar surface area (TPSA) is 50.8 Å². The van der Waals surface area contributed by atoms with Gasteiger partial charge in [0.25, 0.3) is 0 Å². The smallest absolute Gasteiger partial charge is 0.307 e. The molecule has 5 nitrogen and oxygen atoms in total. The highest BCUT2D eigenvalue weighted by Gasteiger charge is 2.30. The molecule has 1 aromatic rings. The van der Waals surface area contributed by atoms with Gasteiger partial charge in [-0.25, -0.2) is 0 Å². The van der Waals surface area contributed by atoms with Crippen LogP contribution < -0.4 is 10.1 Å². The lowest BCUT2D eigenvalue weighted by molar-refractivity contribution is -0.143. The summed E-state index contributed by atoms with van der Waals surface area (Å²) in [4.78, 5) is 14.0. The Balaban J connectivity index is 1.41. The summed E-state index contributed by atoms with van der Waals surface area (Å²) in [7, 11) is 0. The Morgan fingerprint density at radius 1 is 1.10 bits per heavy atom. The van der Waals surface area contributed by atoms with Crippen LogP contribution in [0.5, 0.6) is 5.75 Å². The molecule has 31 heavy (non-hydrogen) atoms. The van der Waals surface area contributed by atoms with E-state index in [1.165, 1.54) is 12.8 Å². The van der Waals surface area contributed by atoms with Crippen LogP contribution in [0.1, 0.15) is 72.6 Å². The number of carbonyl (C=O) groups excluding carboxylic acids is 1. The molecule has 3 rings (SSSR count). The summed E-state index contributed by atoms with van der Waals surface area (Å²) in [6.45, 7) is 12.2. The summed E-state index contributed by atoms with van der Waals surface area (Å²) < 4.78 is 11.3. The van der Waals surface area contributed by atoms with Crippen molar-refractivity contribution in [3.8, 4) is 5.75 Å². The van der Waals surface area contributed by atoms with Crippen molar-refractivity contribution in [2.24, 2.45) is 11.3 Å². The molecule has 0 amide bonds. The number of hydrogen-bond donors (Lipinski definition) is 1. The van der Waals surface area contributed by atoms with Crippen LogP contribution in [-0.4, -0.2) is 49.3 Å². The number of nitrogens with zero attached hydrogens (tertiary/aromatic N) is 1. The lowest BCUT2D eigenvalue weighted by atomic mass is 9.72. The van der Waals surface area contributed by atoms with Crippen molar-refractivity contribution in [3.63, 3.8) is 0 Å². The van der Waals surface area contributed by atoms with Crippen LogP contribution in [0.25, 0.3) is 0 Å². The van der Waals surface area contributed by atoms with Gasteiger partial charge in [-0.15, -0.1) is 0 Å². The van der Waals surface area contributed by atoms with Gasteiger partial charge in [-0.2, -0.15) is 0 Å². The Morgan fingerprint density at radius 3 is 2.45 bits per heavy atom. The number of anilines is 1. The second-order valence-electron chi connectivity index (χ2n) is 10.3. The molecule has 2 fully saturated rings. The maximum atomic E-state index is 11.6. The number of esters is 1. The van der Waals surface area contributed by atoms with E-state index < -0.39 is 0 Å². The fourth-order valence-corrected chi connectivity index (χ4v) is 4.96. The number of likely N-dealkylation sites (tertiary alicyclic amines) is 1. The molecule has 0 bridgehead atoms. The lowest BCUT2D eigenvalue weighted by Gasteiger charge is -2.37. The van der Waals surface area contributed by atoms with E-state index in [4.69, 9.17) is 9.47 Å². The summed E-state index contributed by atoms with van der Waals surface area (Å²) in [6.07, 6.45) is 7.99. The van der Waals surface area contributed by atoms with E-state index in [-0.39, 0.29) is 5.97 Å². The maximum Gasteiger partial charge on any atom is 0.307 e. The molecular weight excluding hydrogens is 388 g/mol. The molecule has 1 aromatic carbocycles. The van der Waals surface area contributed by atoms with Crippen molar-refractivity contribution in [3.05, 3.63) is 24.3 Å². The predicted molar refractivity (Wildman–Crippen MR) is 127 cm³/mol. The molecule has 174 valence electrons. The molecule has 1 unspecified atom stereocenters. The molecule has 2 aliphatic rings. The predicted octanol–water partition coefficient (Wildman–Crippen LogP) is 5.50. The molecule has 1 heterocycles. The summed E-state index contributed by atoms with van der Waals surface area (Å²) in [6, 6.07) is 8.87. The van der Waals surface area contributed by atoms with Crippen LogP contribution >= 0.6 is 0 Å². The SMILES string of the molecule is CCOC(=O)CCN1CCCC(Nc2ccc(OC3CCC(C(C)(C)C)CC3)cc2)C1. The molecule has 1 aliphatic carbocycles. The zero-order chi connectivity index (χ0) is 22.3. The molecule has 0 radical (unpaired) electrons. The lowest BCUT2D eigenvalue weighted by Crippen LogP contribution is -2.42. The molecule has 0 spiro atoms. The van der Waals surface area contributed by atoms with Crippen molar-refractivity contribution in [2.75, 3.05) is 31.6 Å². The Kier molecular flexibility index (Phi) is 8.65. The van der Waals surface area contributed by atoms with Gasteiger partial charge in [-0.1, -0.05) is 20.8 Å². The molecular formula is C26H42N2O3. The number of carbonyl (C=O) groups is 1. The monoisotopic (exact) mass is 430 g/mol. The summed E-state index contributed by atoms with van der Waals surface area (Å²) in [5.41, 5.74) is 1.55. The van der Waals surface area contributed by atoms with E-state index in [0.717, 1.165) is 62.7 Å². The van der Waals surface area contributed by atoms with Gasteiger partial charge in [0.15, 0.2) is 0 Å². The van der Waals surface area contributed by atoms with Gasteiger partial charge in [-0.3, -0.25) is 4.79 Å². The van der Waals surface area contributed by atoms with Gasteiger partial charge in [0.2, 0.25) is 0 Å². The number of piperidine rings is 1. The zero-order valence-corrected chi connectivity index (χ0v) is 20.0. The van der Waals surface area contributed by atoms with Crippen molar-refractivity contribution < 1.29 is 14.3 Å². The number of ether oxygens (including phenoxy) is 2. The molecule has 0 aromatic heterocycles. The van der Waals surface area contributed by atoms with Crippen LogP contribution in [0.15, 0.2) is 24.3 Å². The Labute approximate surface area is 188 Å². The quantitative estimate of drug-likeness (QED) is 0.552. The number of hydrogen-bond acceptors (Lipinski definition) is 5. The second kappa shape index (κ2) is 11.2. The van der Waals surface area contributed by atoms with Crippen LogP contribution in [-0.2, 0) is 9.53 Å². The fourth-order valence-electron chi connectivity index (χ4n) is 4.96. The van der Waals surface area contributed by atoms with Gasteiger partial charge in [0.05, 0.1) is 19.1 Å².